The van der Waals surface area contributed by atoms with Gasteiger partial charge in [0.15, 0.2) is 11.4 Å². The fraction of sp³-hybridized carbons (Fsp3) is 0.364. The third-order valence-electron chi connectivity index (χ3n) is 7.02. The van der Waals surface area contributed by atoms with Gasteiger partial charge in [-0.2, -0.15) is 0 Å². The predicted molar refractivity (Wildman–Crippen MR) is 159 cm³/mol. The van der Waals surface area contributed by atoms with Crippen molar-refractivity contribution in [2.24, 2.45) is 5.92 Å². The monoisotopic (exact) mass is 551 g/mol. The highest BCUT2D eigenvalue weighted by atomic mass is 16.6. The van der Waals surface area contributed by atoms with Crippen LogP contribution in [0.2, 0.25) is 0 Å². The molecule has 8 heteroatoms. The average molecular weight is 552 g/mol. The molecule has 4 heterocycles. The normalized spacial score (nSPS) is 14.1. The van der Waals surface area contributed by atoms with Gasteiger partial charge >= 0.3 is 5.97 Å². The van der Waals surface area contributed by atoms with Crippen molar-refractivity contribution in [1.29, 1.82) is 0 Å². The molecule has 212 valence electrons. The SMILES string of the molecule is Cc1nc(CC2CCN(c3ccc(-c4ccccn4)cn3)CC2)nc(C(=O)OC(C)(C)C)c1OCc1ccccc1. The average Bonchev–Trinajstić information content (AvgIpc) is 2.97. The summed E-state index contributed by atoms with van der Waals surface area (Å²) in [6.07, 6.45) is 6.34. The van der Waals surface area contributed by atoms with Crippen LogP contribution in [0, 0.1) is 12.8 Å². The second kappa shape index (κ2) is 12.5. The molecule has 5 rings (SSSR count). The van der Waals surface area contributed by atoms with Crippen LogP contribution < -0.4 is 9.64 Å². The maximum atomic E-state index is 13.2. The summed E-state index contributed by atoms with van der Waals surface area (Å²) >= 11 is 0. The van der Waals surface area contributed by atoms with E-state index in [-0.39, 0.29) is 5.69 Å². The van der Waals surface area contributed by atoms with Gasteiger partial charge in [-0.1, -0.05) is 36.4 Å². The van der Waals surface area contributed by atoms with Crippen LogP contribution >= 0.6 is 0 Å². The number of benzene rings is 1. The summed E-state index contributed by atoms with van der Waals surface area (Å²) in [6.45, 7) is 9.52. The van der Waals surface area contributed by atoms with Gasteiger partial charge in [0, 0.05) is 37.5 Å². The van der Waals surface area contributed by atoms with Crippen LogP contribution in [0.4, 0.5) is 5.82 Å². The Morgan fingerprint density at radius 2 is 1.71 bits per heavy atom. The first-order valence-corrected chi connectivity index (χ1v) is 14.1. The molecule has 41 heavy (non-hydrogen) atoms. The van der Waals surface area contributed by atoms with Crippen molar-refractivity contribution in [2.75, 3.05) is 18.0 Å². The number of nitrogens with zero attached hydrogens (tertiary/aromatic N) is 5. The van der Waals surface area contributed by atoms with E-state index in [1.807, 2.05) is 82.4 Å². The third-order valence-corrected chi connectivity index (χ3v) is 7.02. The largest absolute Gasteiger partial charge is 0.484 e. The standard InChI is InChI=1S/C33H37N5O3/c1-23-31(40-22-25-10-6-5-7-11-25)30(32(39)41-33(2,3)4)37-28(36-23)20-24-15-18-38(19-16-24)29-14-13-26(21-35-29)27-12-8-9-17-34-27/h5-14,17,21,24H,15-16,18-20,22H2,1-4H3. The minimum Gasteiger partial charge on any atom is -0.484 e. The van der Waals surface area contributed by atoms with Crippen molar-refractivity contribution in [2.45, 2.75) is 59.2 Å². The highest BCUT2D eigenvalue weighted by Gasteiger charge is 2.27. The van der Waals surface area contributed by atoms with Gasteiger partial charge in [0.25, 0.3) is 0 Å². The Kier molecular flexibility index (Phi) is 8.57. The number of esters is 1. The third kappa shape index (κ3) is 7.45. The van der Waals surface area contributed by atoms with Crippen LogP contribution in [0.1, 0.15) is 61.2 Å². The number of aromatic nitrogens is 4. The first-order chi connectivity index (χ1) is 19.7. The first-order valence-electron chi connectivity index (χ1n) is 14.1. The Bertz CT molecular complexity index is 1450. The summed E-state index contributed by atoms with van der Waals surface area (Å²) < 4.78 is 11.8. The zero-order valence-electron chi connectivity index (χ0n) is 24.2. The number of hydrogen-bond donors (Lipinski definition) is 0. The second-order valence-corrected chi connectivity index (χ2v) is 11.4. The van der Waals surface area contributed by atoms with Gasteiger partial charge < -0.3 is 14.4 Å². The van der Waals surface area contributed by atoms with E-state index in [9.17, 15) is 4.79 Å². The molecule has 1 aliphatic rings. The molecule has 0 N–H and O–H groups in total. The lowest BCUT2D eigenvalue weighted by Gasteiger charge is -2.32. The molecule has 0 saturated carbocycles. The van der Waals surface area contributed by atoms with E-state index in [1.165, 1.54) is 0 Å². The Balaban J connectivity index is 1.26. The van der Waals surface area contributed by atoms with Crippen molar-refractivity contribution < 1.29 is 14.3 Å². The highest BCUT2D eigenvalue weighted by Crippen LogP contribution is 2.28. The number of carbonyl (C=O) groups excluding carboxylic acids is 1. The molecule has 8 nitrogen and oxygen atoms in total. The zero-order valence-corrected chi connectivity index (χ0v) is 24.2. The Morgan fingerprint density at radius 3 is 2.37 bits per heavy atom. The fourth-order valence-corrected chi connectivity index (χ4v) is 4.96. The fourth-order valence-electron chi connectivity index (χ4n) is 4.96. The molecule has 1 fully saturated rings. The van der Waals surface area contributed by atoms with E-state index in [1.54, 1.807) is 6.20 Å². The van der Waals surface area contributed by atoms with E-state index in [4.69, 9.17) is 24.4 Å². The molecule has 0 atom stereocenters. The Hall–Kier alpha value is -4.33. The molecule has 0 aliphatic carbocycles. The quantitative estimate of drug-likeness (QED) is 0.238. The number of pyridine rings is 2. The molecular formula is C33H37N5O3. The van der Waals surface area contributed by atoms with Crippen molar-refractivity contribution >= 4 is 11.8 Å². The molecular weight excluding hydrogens is 514 g/mol. The minimum absolute atomic E-state index is 0.188. The number of piperidine rings is 1. The van der Waals surface area contributed by atoms with Crippen molar-refractivity contribution in [3.63, 3.8) is 0 Å². The van der Waals surface area contributed by atoms with E-state index >= 15 is 0 Å². The van der Waals surface area contributed by atoms with Gasteiger partial charge in [0.1, 0.15) is 23.9 Å². The van der Waals surface area contributed by atoms with E-state index in [0.29, 0.717) is 36.2 Å². The van der Waals surface area contributed by atoms with E-state index in [2.05, 4.69) is 22.0 Å². The molecule has 0 amide bonds. The highest BCUT2D eigenvalue weighted by molar-refractivity contribution is 5.91. The van der Waals surface area contributed by atoms with Crippen molar-refractivity contribution in [3.8, 4) is 17.0 Å². The number of anilines is 1. The van der Waals surface area contributed by atoms with E-state index in [0.717, 1.165) is 48.6 Å². The van der Waals surface area contributed by atoms with Crippen LogP contribution in [-0.2, 0) is 17.8 Å². The van der Waals surface area contributed by atoms with Crippen LogP contribution in [-0.4, -0.2) is 44.6 Å². The molecule has 0 bridgehead atoms. The minimum atomic E-state index is -0.649. The predicted octanol–water partition coefficient (Wildman–Crippen LogP) is 6.24. The second-order valence-electron chi connectivity index (χ2n) is 11.4. The zero-order chi connectivity index (χ0) is 28.8. The lowest BCUT2D eigenvalue weighted by atomic mass is 9.93. The van der Waals surface area contributed by atoms with Crippen LogP contribution in [0.25, 0.3) is 11.3 Å². The molecule has 1 aliphatic heterocycles. The number of aryl methyl sites for hydroxylation is 1. The number of rotatable bonds is 8. The number of ether oxygens (including phenoxy) is 2. The maximum absolute atomic E-state index is 13.2. The molecule has 4 aromatic rings. The topological polar surface area (TPSA) is 90.3 Å². The summed E-state index contributed by atoms with van der Waals surface area (Å²) in [7, 11) is 0. The molecule has 0 spiro atoms. The molecule has 0 radical (unpaired) electrons. The van der Waals surface area contributed by atoms with Gasteiger partial charge in [0.2, 0.25) is 0 Å². The number of hydrogen-bond acceptors (Lipinski definition) is 8. The molecule has 0 unspecified atom stereocenters. The van der Waals surface area contributed by atoms with Crippen molar-refractivity contribution in [1.82, 2.24) is 19.9 Å². The molecule has 3 aromatic heterocycles. The molecule has 1 saturated heterocycles. The summed E-state index contributed by atoms with van der Waals surface area (Å²) in [5, 5.41) is 0. The summed E-state index contributed by atoms with van der Waals surface area (Å²) in [6, 6.07) is 19.9. The van der Waals surface area contributed by atoms with E-state index < -0.39 is 11.6 Å². The van der Waals surface area contributed by atoms with Gasteiger partial charge in [-0.05, 0) is 76.3 Å². The van der Waals surface area contributed by atoms with Crippen LogP contribution in [0.5, 0.6) is 5.75 Å². The van der Waals surface area contributed by atoms with Gasteiger partial charge in [-0.25, -0.2) is 19.7 Å². The lowest BCUT2D eigenvalue weighted by Crippen LogP contribution is -2.35. The first kappa shape index (κ1) is 28.2. The van der Waals surface area contributed by atoms with Crippen LogP contribution in [0.3, 0.4) is 0 Å². The van der Waals surface area contributed by atoms with Gasteiger partial charge in [0.05, 0.1) is 11.4 Å². The number of carbonyl (C=O) groups is 1. The summed E-state index contributed by atoms with van der Waals surface area (Å²) in [4.78, 5) is 34.1. The van der Waals surface area contributed by atoms with Gasteiger partial charge in [-0.15, -0.1) is 0 Å². The Morgan fingerprint density at radius 1 is 0.951 bits per heavy atom. The van der Waals surface area contributed by atoms with Gasteiger partial charge in [-0.3, -0.25) is 4.98 Å². The lowest BCUT2D eigenvalue weighted by molar-refractivity contribution is 0.00572. The van der Waals surface area contributed by atoms with Crippen LogP contribution in [0.15, 0.2) is 73.1 Å². The maximum Gasteiger partial charge on any atom is 0.361 e. The summed E-state index contributed by atoms with van der Waals surface area (Å²) in [5.74, 6) is 1.90. The molecule has 1 aromatic carbocycles. The van der Waals surface area contributed by atoms with Crippen molar-refractivity contribution in [3.05, 3.63) is 95.8 Å². The smallest absolute Gasteiger partial charge is 0.361 e. The Labute approximate surface area is 241 Å². The summed E-state index contributed by atoms with van der Waals surface area (Å²) in [5.41, 5.74) is 3.10.